The third-order valence-corrected chi connectivity index (χ3v) is 8.19. The van der Waals surface area contributed by atoms with E-state index in [1.165, 1.54) is 11.9 Å². The number of benzene rings is 2. The van der Waals surface area contributed by atoms with Crippen molar-refractivity contribution in [2.75, 3.05) is 32.2 Å². The number of carbonyl (C=O) groups is 4. The van der Waals surface area contributed by atoms with Gasteiger partial charge in [0.25, 0.3) is 5.91 Å². The number of anilines is 1. The van der Waals surface area contributed by atoms with E-state index in [0.29, 0.717) is 56.5 Å². The minimum Gasteiger partial charge on any atom is -0.487 e. The van der Waals surface area contributed by atoms with Crippen LogP contribution in [0, 0.1) is 6.92 Å². The monoisotopic (exact) mass is 694 g/mol. The summed E-state index contributed by atoms with van der Waals surface area (Å²) in [5, 5.41) is 3.74. The summed E-state index contributed by atoms with van der Waals surface area (Å²) >= 11 is 13.3. The van der Waals surface area contributed by atoms with Crippen LogP contribution in [0.15, 0.2) is 54.7 Å². The number of nitrogens with one attached hydrogen (secondary N) is 1. The SMILES string of the molecule is CCOC(=O)COc1cc(C)nc2c(OCc3c(Cl)ccc(N(C)C(=O)CCC(=O)CCc4ccc(C(=O)NC)nc4)c3Cl)cccc12. The molecular weight excluding hydrogens is 659 g/mol. The summed E-state index contributed by atoms with van der Waals surface area (Å²) < 4.78 is 16.8. The average Bonchev–Trinajstić information content (AvgIpc) is 3.08. The number of pyridine rings is 2. The Labute approximate surface area is 288 Å². The van der Waals surface area contributed by atoms with Gasteiger partial charge in [-0.2, -0.15) is 0 Å². The van der Waals surface area contributed by atoms with Crippen LogP contribution in [0.2, 0.25) is 10.0 Å². The number of para-hydroxylation sites is 1. The lowest BCUT2D eigenvalue weighted by Gasteiger charge is -2.21. The molecule has 2 aromatic heterocycles. The van der Waals surface area contributed by atoms with E-state index in [2.05, 4.69) is 15.3 Å². The Balaban J connectivity index is 1.39. The van der Waals surface area contributed by atoms with Gasteiger partial charge in [0.2, 0.25) is 5.91 Å². The highest BCUT2D eigenvalue weighted by Crippen LogP contribution is 2.36. The number of nitrogens with zero attached hydrogens (tertiary/aromatic N) is 3. The Morgan fingerprint density at radius 2 is 1.75 bits per heavy atom. The molecule has 4 rings (SSSR count). The van der Waals surface area contributed by atoms with Gasteiger partial charge in [0, 0.05) is 67.3 Å². The van der Waals surface area contributed by atoms with Crippen molar-refractivity contribution in [2.24, 2.45) is 0 Å². The Hall–Kier alpha value is -4.74. The molecule has 0 saturated heterocycles. The summed E-state index contributed by atoms with van der Waals surface area (Å²) in [6.45, 7) is 3.50. The van der Waals surface area contributed by atoms with Gasteiger partial charge in [-0.1, -0.05) is 35.3 Å². The van der Waals surface area contributed by atoms with Crippen molar-refractivity contribution in [1.29, 1.82) is 0 Å². The van der Waals surface area contributed by atoms with Gasteiger partial charge < -0.3 is 24.4 Å². The number of hydrogen-bond donors (Lipinski definition) is 1. The van der Waals surface area contributed by atoms with Gasteiger partial charge in [0.1, 0.15) is 35.1 Å². The number of ether oxygens (including phenoxy) is 3. The van der Waals surface area contributed by atoms with Crippen molar-refractivity contribution >= 4 is 63.4 Å². The van der Waals surface area contributed by atoms with Crippen LogP contribution in [0.5, 0.6) is 11.5 Å². The molecule has 252 valence electrons. The maximum atomic E-state index is 13.1. The largest absolute Gasteiger partial charge is 0.487 e. The Morgan fingerprint density at radius 3 is 2.46 bits per heavy atom. The highest BCUT2D eigenvalue weighted by atomic mass is 35.5. The second-order valence-electron chi connectivity index (χ2n) is 10.8. The molecule has 0 fully saturated rings. The molecule has 2 aromatic carbocycles. The molecule has 0 atom stereocenters. The highest BCUT2D eigenvalue weighted by molar-refractivity contribution is 6.38. The fourth-order valence-corrected chi connectivity index (χ4v) is 5.41. The van der Waals surface area contributed by atoms with Crippen LogP contribution in [-0.2, 0) is 32.1 Å². The number of halogens is 2. The molecule has 0 saturated carbocycles. The van der Waals surface area contributed by atoms with Gasteiger partial charge in [0.05, 0.1) is 17.3 Å². The predicted octanol–water partition coefficient (Wildman–Crippen LogP) is 6.07. The number of ketones is 1. The van der Waals surface area contributed by atoms with Gasteiger partial charge in [-0.15, -0.1) is 0 Å². The van der Waals surface area contributed by atoms with Crippen LogP contribution >= 0.6 is 23.2 Å². The summed E-state index contributed by atoms with van der Waals surface area (Å²) in [6.07, 6.45) is 2.31. The van der Waals surface area contributed by atoms with Crippen molar-refractivity contribution < 1.29 is 33.4 Å². The minimum atomic E-state index is -0.480. The molecule has 0 bridgehead atoms. The number of hydrogen-bond acceptors (Lipinski definition) is 9. The van der Waals surface area contributed by atoms with E-state index >= 15 is 0 Å². The molecule has 2 amide bonds. The van der Waals surface area contributed by atoms with Gasteiger partial charge in [-0.25, -0.2) is 9.78 Å². The number of aromatic nitrogens is 2. The number of fused-ring (bicyclic) bond motifs is 1. The summed E-state index contributed by atoms with van der Waals surface area (Å²) in [5.74, 6) is -0.228. The van der Waals surface area contributed by atoms with E-state index < -0.39 is 5.97 Å². The van der Waals surface area contributed by atoms with E-state index in [-0.39, 0.29) is 61.7 Å². The number of esters is 1. The Morgan fingerprint density at radius 1 is 0.958 bits per heavy atom. The summed E-state index contributed by atoms with van der Waals surface area (Å²) in [4.78, 5) is 59.3. The van der Waals surface area contributed by atoms with Crippen molar-refractivity contribution in [1.82, 2.24) is 15.3 Å². The first kappa shape index (κ1) is 36.1. The van der Waals surface area contributed by atoms with Gasteiger partial charge in [0.15, 0.2) is 6.61 Å². The molecular formula is C35H36Cl2N4O7. The van der Waals surface area contributed by atoms with Crippen molar-refractivity contribution in [3.8, 4) is 11.5 Å². The second kappa shape index (κ2) is 16.9. The molecule has 0 aliphatic carbocycles. The van der Waals surface area contributed by atoms with Crippen LogP contribution < -0.4 is 19.7 Å². The first-order valence-corrected chi connectivity index (χ1v) is 16.0. The average molecular weight is 696 g/mol. The van der Waals surface area contributed by atoms with Gasteiger partial charge >= 0.3 is 5.97 Å². The zero-order valence-electron chi connectivity index (χ0n) is 27.1. The van der Waals surface area contributed by atoms with Gasteiger partial charge in [-0.3, -0.25) is 19.4 Å². The van der Waals surface area contributed by atoms with Crippen LogP contribution in [0.25, 0.3) is 10.9 Å². The van der Waals surface area contributed by atoms with Crippen LogP contribution in [0.4, 0.5) is 5.69 Å². The van der Waals surface area contributed by atoms with Crippen molar-refractivity contribution in [2.45, 2.75) is 46.1 Å². The van der Waals surface area contributed by atoms with E-state index in [0.717, 1.165) is 5.56 Å². The molecule has 4 aromatic rings. The summed E-state index contributed by atoms with van der Waals surface area (Å²) in [6, 6.07) is 13.7. The third kappa shape index (κ3) is 9.20. The third-order valence-electron chi connectivity index (χ3n) is 7.41. The topological polar surface area (TPSA) is 137 Å². The minimum absolute atomic E-state index is 0.00439. The first-order valence-electron chi connectivity index (χ1n) is 15.3. The maximum Gasteiger partial charge on any atom is 0.344 e. The van der Waals surface area contributed by atoms with Crippen molar-refractivity contribution in [3.63, 3.8) is 0 Å². The molecule has 0 spiro atoms. The lowest BCUT2D eigenvalue weighted by atomic mass is 10.1. The predicted molar refractivity (Wildman–Crippen MR) is 183 cm³/mol. The number of aryl methyl sites for hydroxylation is 2. The zero-order chi connectivity index (χ0) is 34.8. The molecule has 1 N–H and O–H groups in total. The lowest BCUT2D eigenvalue weighted by molar-refractivity contribution is -0.145. The molecule has 0 radical (unpaired) electrons. The van der Waals surface area contributed by atoms with E-state index in [4.69, 9.17) is 37.4 Å². The molecule has 0 unspecified atom stereocenters. The van der Waals surface area contributed by atoms with E-state index in [1.807, 2.05) is 6.07 Å². The number of amides is 2. The number of Topliss-reactive ketones (excluding diaryl/α,β-unsaturated/α-hetero) is 1. The lowest BCUT2D eigenvalue weighted by Crippen LogP contribution is -2.27. The fraction of sp³-hybridized carbons (Fsp3) is 0.314. The zero-order valence-corrected chi connectivity index (χ0v) is 28.6. The molecule has 11 nitrogen and oxygen atoms in total. The van der Waals surface area contributed by atoms with Crippen LogP contribution in [-0.4, -0.2) is 60.8 Å². The smallest absolute Gasteiger partial charge is 0.344 e. The summed E-state index contributed by atoms with van der Waals surface area (Å²) in [7, 11) is 3.11. The Kier molecular flexibility index (Phi) is 12.7. The molecule has 13 heteroatoms. The molecule has 48 heavy (non-hydrogen) atoms. The van der Waals surface area contributed by atoms with E-state index in [9.17, 15) is 19.2 Å². The second-order valence-corrected chi connectivity index (χ2v) is 11.6. The normalized spacial score (nSPS) is 10.8. The Bertz CT molecular complexity index is 1820. The summed E-state index contributed by atoms with van der Waals surface area (Å²) in [5.41, 5.74) is 3.17. The molecule has 0 aliphatic rings. The van der Waals surface area contributed by atoms with Gasteiger partial charge in [-0.05, 0) is 56.2 Å². The molecule has 2 heterocycles. The molecule has 0 aliphatic heterocycles. The number of carbonyl (C=O) groups excluding carboxylic acids is 4. The van der Waals surface area contributed by atoms with Crippen molar-refractivity contribution in [3.05, 3.63) is 87.3 Å². The van der Waals surface area contributed by atoms with E-state index in [1.54, 1.807) is 69.6 Å². The first-order chi connectivity index (χ1) is 23.0. The fourth-order valence-electron chi connectivity index (χ4n) is 4.81. The highest BCUT2D eigenvalue weighted by Gasteiger charge is 2.20. The number of rotatable bonds is 15. The van der Waals surface area contributed by atoms with Crippen LogP contribution in [0.3, 0.4) is 0 Å². The van der Waals surface area contributed by atoms with Crippen LogP contribution in [0.1, 0.15) is 53.5 Å². The quantitative estimate of drug-likeness (QED) is 0.147. The maximum absolute atomic E-state index is 13.1. The standard InChI is InChI=1S/C35H36Cl2N4O7/c1-5-46-32(44)20-48-30-17-21(2)40-34-24(30)7-6-8-29(34)47-19-25-26(36)13-15-28(33(25)37)41(4)31(43)16-12-23(42)11-9-22-10-14-27(39-18-22)35(45)38-3/h6-8,10,13-15,17-18H,5,9,11-12,16,19-20H2,1-4H3,(H,38,45).